The first-order chi connectivity index (χ1) is 9.24. The van der Waals surface area contributed by atoms with E-state index in [4.69, 9.17) is 4.74 Å². The second kappa shape index (κ2) is 8.12. The lowest BCUT2D eigenvalue weighted by Gasteiger charge is -2.16. The fourth-order valence-electron chi connectivity index (χ4n) is 2.52. The summed E-state index contributed by atoms with van der Waals surface area (Å²) in [6.07, 6.45) is 1.64. The lowest BCUT2D eigenvalue weighted by atomic mass is 9.98. The highest BCUT2D eigenvalue weighted by Gasteiger charge is 2.26. The highest BCUT2D eigenvalue weighted by atomic mass is 35.5. The number of likely N-dealkylation sites (tertiary alicyclic amines) is 1. The quantitative estimate of drug-likeness (QED) is 0.904. The number of amides is 1. The molecule has 1 aliphatic rings. The first kappa shape index (κ1) is 16.8. The molecule has 1 amide bonds. The third-order valence-corrected chi connectivity index (χ3v) is 3.72. The Labute approximate surface area is 126 Å². The SMILES string of the molecule is CNCCC(=O)N1CCC(c2ccc(OC)cc2)C1.Cl. The van der Waals surface area contributed by atoms with Crippen LogP contribution in [-0.4, -0.2) is 44.6 Å². The normalized spacial score (nSPS) is 17.7. The van der Waals surface area contributed by atoms with Crippen LogP contribution in [-0.2, 0) is 4.79 Å². The van der Waals surface area contributed by atoms with Crippen LogP contribution in [0.1, 0.15) is 24.3 Å². The summed E-state index contributed by atoms with van der Waals surface area (Å²) in [6.45, 7) is 2.47. The highest BCUT2D eigenvalue weighted by molar-refractivity contribution is 5.85. The molecule has 0 aromatic heterocycles. The van der Waals surface area contributed by atoms with Crippen LogP contribution in [0.3, 0.4) is 0 Å². The minimum atomic E-state index is 0. The number of hydrogen-bond donors (Lipinski definition) is 1. The van der Waals surface area contributed by atoms with E-state index >= 15 is 0 Å². The van der Waals surface area contributed by atoms with Crippen molar-refractivity contribution in [3.8, 4) is 5.75 Å². The number of benzene rings is 1. The van der Waals surface area contributed by atoms with Crippen molar-refractivity contribution in [2.75, 3.05) is 33.8 Å². The summed E-state index contributed by atoms with van der Waals surface area (Å²) in [7, 11) is 3.55. The van der Waals surface area contributed by atoms with Crippen LogP contribution in [0.15, 0.2) is 24.3 Å². The fraction of sp³-hybridized carbons (Fsp3) is 0.533. The van der Waals surface area contributed by atoms with E-state index in [0.717, 1.165) is 31.8 Å². The number of carbonyl (C=O) groups is 1. The van der Waals surface area contributed by atoms with Gasteiger partial charge in [0.15, 0.2) is 0 Å². The van der Waals surface area contributed by atoms with Gasteiger partial charge in [0.05, 0.1) is 7.11 Å². The molecule has 1 aliphatic heterocycles. The van der Waals surface area contributed by atoms with E-state index in [9.17, 15) is 4.79 Å². The summed E-state index contributed by atoms with van der Waals surface area (Å²) >= 11 is 0. The number of carbonyl (C=O) groups excluding carboxylic acids is 1. The maximum atomic E-state index is 11.9. The number of ether oxygens (including phenoxy) is 1. The summed E-state index contributed by atoms with van der Waals surface area (Å²) in [5.41, 5.74) is 1.30. The Bertz CT molecular complexity index is 422. The van der Waals surface area contributed by atoms with Gasteiger partial charge in [0.2, 0.25) is 5.91 Å². The molecule has 0 aliphatic carbocycles. The highest BCUT2D eigenvalue weighted by Crippen LogP contribution is 2.28. The average Bonchev–Trinajstić information content (AvgIpc) is 2.94. The molecule has 1 unspecified atom stereocenters. The summed E-state index contributed by atoms with van der Waals surface area (Å²) in [6, 6.07) is 8.18. The summed E-state index contributed by atoms with van der Waals surface area (Å²) in [5.74, 6) is 1.60. The number of hydrogen-bond acceptors (Lipinski definition) is 3. The molecule has 0 bridgehead atoms. The molecule has 1 atom stereocenters. The third kappa shape index (κ3) is 4.12. The Hall–Kier alpha value is -1.26. The molecule has 1 N–H and O–H groups in total. The first-order valence-electron chi connectivity index (χ1n) is 6.81. The van der Waals surface area contributed by atoms with Gasteiger partial charge in [0.25, 0.3) is 0 Å². The van der Waals surface area contributed by atoms with Crippen molar-refractivity contribution in [2.45, 2.75) is 18.8 Å². The fourth-order valence-corrected chi connectivity index (χ4v) is 2.52. The standard InChI is InChI=1S/C15H22N2O2.ClH/c1-16-9-7-15(18)17-10-8-13(11-17)12-3-5-14(19-2)6-4-12;/h3-6,13,16H,7-11H2,1-2H3;1H. The zero-order valence-corrected chi connectivity index (χ0v) is 12.9. The molecule has 112 valence electrons. The van der Waals surface area contributed by atoms with Crippen molar-refractivity contribution in [1.29, 1.82) is 0 Å². The molecule has 4 nitrogen and oxygen atoms in total. The summed E-state index contributed by atoms with van der Waals surface area (Å²) in [5, 5.41) is 3.02. The minimum Gasteiger partial charge on any atom is -0.497 e. The van der Waals surface area contributed by atoms with Crippen LogP contribution in [0.25, 0.3) is 0 Å². The molecular weight excluding hydrogens is 276 g/mol. The van der Waals surface area contributed by atoms with E-state index in [1.54, 1.807) is 7.11 Å². The molecular formula is C15H23ClN2O2. The van der Waals surface area contributed by atoms with Crippen LogP contribution in [0.5, 0.6) is 5.75 Å². The molecule has 1 saturated heterocycles. The van der Waals surface area contributed by atoms with Crippen molar-refractivity contribution in [2.24, 2.45) is 0 Å². The van der Waals surface area contributed by atoms with Gasteiger partial charge >= 0.3 is 0 Å². The molecule has 5 heteroatoms. The van der Waals surface area contributed by atoms with Crippen molar-refractivity contribution in [3.05, 3.63) is 29.8 Å². The molecule has 1 aromatic carbocycles. The lowest BCUT2D eigenvalue weighted by Crippen LogP contribution is -2.30. The molecule has 1 fully saturated rings. The zero-order valence-electron chi connectivity index (χ0n) is 12.1. The summed E-state index contributed by atoms with van der Waals surface area (Å²) < 4.78 is 5.16. The van der Waals surface area contributed by atoms with E-state index < -0.39 is 0 Å². The van der Waals surface area contributed by atoms with E-state index in [1.165, 1.54) is 5.56 Å². The van der Waals surface area contributed by atoms with Crippen molar-refractivity contribution in [3.63, 3.8) is 0 Å². The summed E-state index contributed by atoms with van der Waals surface area (Å²) in [4.78, 5) is 13.9. The monoisotopic (exact) mass is 298 g/mol. The van der Waals surface area contributed by atoms with Gasteiger partial charge in [0, 0.05) is 32.0 Å². The maximum Gasteiger partial charge on any atom is 0.223 e. The van der Waals surface area contributed by atoms with E-state index in [2.05, 4.69) is 17.4 Å². The third-order valence-electron chi connectivity index (χ3n) is 3.72. The van der Waals surface area contributed by atoms with Crippen molar-refractivity contribution >= 4 is 18.3 Å². The number of rotatable bonds is 5. The topological polar surface area (TPSA) is 41.6 Å². The van der Waals surface area contributed by atoms with Crippen molar-refractivity contribution in [1.82, 2.24) is 10.2 Å². The Balaban J connectivity index is 0.00000200. The first-order valence-corrected chi connectivity index (χ1v) is 6.81. The maximum absolute atomic E-state index is 11.9. The van der Waals surface area contributed by atoms with Gasteiger partial charge in [-0.1, -0.05) is 12.1 Å². The van der Waals surface area contributed by atoms with Crippen LogP contribution < -0.4 is 10.1 Å². The number of halogens is 1. The van der Waals surface area contributed by atoms with Gasteiger partial charge in [-0.2, -0.15) is 0 Å². The molecule has 1 aromatic rings. The average molecular weight is 299 g/mol. The second-order valence-corrected chi connectivity index (χ2v) is 4.95. The smallest absolute Gasteiger partial charge is 0.223 e. The van der Waals surface area contributed by atoms with Gasteiger partial charge in [-0.15, -0.1) is 12.4 Å². The molecule has 0 saturated carbocycles. The Morgan fingerprint density at radius 2 is 2.10 bits per heavy atom. The molecule has 2 rings (SSSR count). The second-order valence-electron chi connectivity index (χ2n) is 4.95. The van der Waals surface area contributed by atoms with Gasteiger partial charge in [0.1, 0.15) is 5.75 Å². The minimum absolute atomic E-state index is 0. The lowest BCUT2D eigenvalue weighted by molar-refractivity contribution is -0.130. The largest absolute Gasteiger partial charge is 0.497 e. The molecule has 0 radical (unpaired) electrons. The van der Waals surface area contributed by atoms with Gasteiger partial charge in [-0.3, -0.25) is 4.79 Å². The van der Waals surface area contributed by atoms with Crippen molar-refractivity contribution < 1.29 is 9.53 Å². The Kier molecular flexibility index (Phi) is 6.82. The number of nitrogens with one attached hydrogen (secondary N) is 1. The molecule has 0 spiro atoms. The van der Waals surface area contributed by atoms with Crippen LogP contribution >= 0.6 is 12.4 Å². The van der Waals surface area contributed by atoms with E-state index in [1.807, 2.05) is 24.1 Å². The van der Waals surface area contributed by atoms with E-state index in [0.29, 0.717) is 12.3 Å². The van der Waals surface area contributed by atoms with Gasteiger partial charge in [-0.05, 0) is 31.2 Å². The Morgan fingerprint density at radius 1 is 1.40 bits per heavy atom. The Morgan fingerprint density at radius 3 is 2.70 bits per heavy atom. The molecule has 20 heavy (non-hydrogen) atoms. The number of methoxy groups -OCH3 is 1. The number of nitrogens with zero attached hydrogens (tertiary/aromatic N) is 1. The molecule has 1 heterocycles. The van der Waals surface area contributed by atoms with Gasteiger partial charge in [-0.25, -0.2) is 0 Å². The predicted molar refractivity (Wildman–Crippen MR) is 82.7 cm³/mol. The predicted octanol–water partition coefficient (Wildman–Crippen LogP) is 2.04. The zero-order chi connectivity index (χ0) is 13.7. The van der Waals surface area contributed by atoms with Crippen LogP contribution in [0, 0.1) is 0 Å². The van der Waals surface area contributed by atoms with Gasteiger partial charge < -0.3 is 15.0 Å². The van der Waals surface area contributed by atoms with Crippen LogP contribution in [0.4, 0.5) is 0 Å². The van der Waals surface area contributed by atoms with E-state index in [-0.39, 0.29) is 18.3 Å². The van der Waals surface area contributed by atoms with Crippen LogP contribution in [0.2, 0.25) is 0 Å².